The van der Waals surface area contributed by atoms with Gasteiger partial charge in [0, 0.05) is 19.6 Å². The van der Waals surface area contributed by atoms with Crippen molar-refractivity contribution in [1.29, 1.82) is 0 Å². The molecule has 8 heteroatoms. The number of rotatable bonds is 5. The van der Waals surface area contributed by atoms with E-state index in [2.05, 4.69) is 10.6 Å². The van der Waals surface area contributed by atoms with Crippen molar-refractivity contribution in [3.8, 4) is 0 Å². The lowest BCUT2D eigenvalue weighted by molar-refractivity contribution is 0.251. The Bertz CT molecular complexity index is 912. The van der Waals surface area contributed by atoms with Gasteiger partial charge in [0.1, 0.15) is 5.82 Å². The summed E-state index contributed by atoms with van der Waals surface area (Å²) in [7, 11) is -3.60. The van der Waals surface area contributed by atoms with Crippen molar-refractivity contribution in [2.45, 2.75) is 30.7 Å². The van der Waals surface area contributed by atoms with Crippen molar-refractivity contribution in [1.82, 2.24) is 9.62 Å². The molecule has 0 radical (unpaired) electrons. The number of carbonyl (C=O) groups is 1. The number of urea groups is 1. The number of para-hydroxylation sites is 1. The van der Waals surface area contributed by atoms with E-state index in [-0.39, 0.29) is 17.1 Å². The zero-order chi connectivity index (χ0) is 19.3. The molecular formula is C19H22FN3O3S. The van der Waals surface area contributed by atoms with E-state index in [1.165, 1.54) is 22.5 Å². The molecule has 0 spiro atoms. The molecule has 0 unspecified atom stereocenters. The minimum absolute atomic E-state index is 0.0174. The first kappa shape index (κ1) is 19.3. The molecule has 0 saturated carbocycles. The molecule has 0 aromatic heterocycles. The van der Waals surface area contributed by atoms with Crippen LogP contribution in [0.1, 0.15) is 24.8 Å². The maximum absolute atomic E-state index is 13.6. The van der Waals surface area contributed by atoms with E-state index in [1.54, 1.807) is 30.3 Å². The van der Waals surface area contributed by atoms with Crippen LogP contribution in [0.15, 0.2) is 53.4 Å². The van der Waals surface area contributed by atoms with Crippen LogP contribution in [-0.4, -0.2) is 31.8 Å². The van der Waals surface area contributed by atoms with Crippen LogP contribution in [0.25, 0.3) is 0 Å². The highest BCUT2D eigenvalue weighted by atomic mass is 32.2. The van der Waals surface area contributed by atoms with Crippen LogP contribution < -0.4 is 10.6 Å². The number of anilines is 1. The molecule has 6 nitrogen and oxygen atoms in total. The number of carbonyl (C=O) groups excluding carboxylic acids is 1. The van der Waals surface area contributed by atoms with Gasteiger partial charge in [-0.3, -0.25) is 0 Å². The third-order valence-electron chi connectivity index (χ3n) is 4.47. The number of nitrogens with one attached hydrogen (secondary N) is 2. The molecule has 2 amide bonds. The molecule has 27 heavy (non-hydrogen) atoms. The topological polar surface area (TPSA) is 78.5 Å². The van der Waals surface area contributed by atoms with Crippen molar-refractivity contribution < 1.29 is 17.6 Å². The standard InChI is InChI=1S/C19H22FN3O3S/c20-16-9-3-4-10-17(16)22-19(24)21-14-15-8-2-5-11-18(15)27(25,26)23-12-6-1-7-13-23/h2-5,8-11H,1,6-7,12-14H2,(H2,21,22,24). The number of nitrogens with zero attached hydrogens (tertiary/aromatic N) is 1. The second-order valence-corrected chi connectivity index (χ2v) is 8.27. The zero-order valence-corrected chi connectivity index (χ0v) is 15.6. The van der Waals surface area contributed by atoms with Crippen molar-refractivity contribution in [2.75, 3.05) is 18.4 Å². The van der Waals surface area contributed by atoms with Crippen LogP contribution in [0.2, 0.25) is 0 Å². The minimum atomic E-state index is -3.60. The fourth-order valence-corrected chi connectivity index (χ4v) is 4.79. The van der Waals surface area contributed by atoms with Gasteiger partial charge in [-0.25, -0.2) is 17.6 Å². The lowest BCUT2D eigenvalue weighted by Gasteiger charge is -2.26. The zero-order valence-electron chi connectivity index (χ0n) is 14.8. The van der Waals surface area contributed by atoms with Gasteiger partial charge in [-0.05, 0) is 36.6 Å². The average Bonchev–Trinajstić information content (AvgIpc) is 2.69. The van der Waals surface area contributed by atoms with Crippen molar-refractivity contribution in [2.24, 2.45) is 0 Å². The van der Waals surface area contributed by atoms with Crippen molar-refractivity contribution >= 4 is 21.7 Å². The molecule has 0 atom stereocenters. The highest BCUT2D eigenvalue weighted by Gasteiger charge is 2.27. The number of piperidine rings is 1. The van der Waals surface area contributed by atoms with E-state index in [1.807, 2.05) is 0 Å². The van der Waals surface area contributed by atoms with Gasteiger partial charge in [0.15, 0.2) is 0 Å². The lowest BCUT2D eigenvalue weighted by atomic mass is 10.2. The Morgan fingerprint density at radius 1 is 1.00 bits per heavy atom. The minimum Gasteiger partial charge on any atom is -0.334 e. The molecule has 3 rings (SSSR count). The van der Waals surface area contributed by atoms with E-state index in [0.717, 1.165) is 19.3 Å². The molecule has 1 aliphatic heterocycles. The fraction of sp³-hybridized carbons (Fsp3) is 0.316. The fourth-order valence-electron chi connectivity index (χ4n) is 3.05. The van der Waals surface area contributed by atoms with Gasteiger partial charge in [0.05, 0.1) is 10.6 Å². The summed E-state index contributed by atoms with van der Waals surface area (Å²) >= 11 is 0. The second-order valence-electron chi connectivity index (χ2n) is 6.36. The smallest absolute Gasteiger partial charge is 0.319 e. The average molecular weight is 391 g/mol. The molecule has 1 fully saturated rings. The Morgan fingerprint density at radius 3 is 2.41 bits per heavy atom. The molecule has 1 saturated heterocycles. The largest absolute Gasteiger partial charge is 0.334 e. The molecular weight excluding hydrogens is 369 g/mol. The molecule has 1 aliphatic rings. The Hall–Kier alpha value is -2.45. The van der Waals surface area contributed by atoms with E-state index in [0.29, 0.717) is 18.7 Å². The summed E-state index contributed by atoms with van der Waals surface area (Å²) in [5.41, 5.74) is 0.552. The van der Waals surface area contributed by atoms with E-state index in [4.69, 9.17) is 0 Å². The van der Waals surface area contributed by atoms with Crippen molar-refractivity contribution in [3.63, 3.8) is 0 Å². The summed E-state index contributed by atoms with van der Waals surface area (Å²) in [4.78, 5) is 12.2. The van der Waals surface area contributed by atoms with Crippen LogP contribution in [-0.2, 0) is 16.6 Å². The monoisotopic (exact) mass is 391 g/mol. The van der Waals surface area contributed by atoms with E-state index in [9.17, 15) is 17.6 Å². The predicted octanol–water partition coefficient (Wildman–Crippen LogP) is 3.32. The first-order valence-corrected chi connectivity index (χ1v) is 10.3. The van der Waals surface area contributed by atoms with Gasteiger partial charge >= 0.3 is 6.03 Å². The summed E-state index contributed by atoms with van der Waals surface area (Å²) in [6.07, 6.45) is 2.74. The van der Waals surface area contributed by atoms with Gasteiger partial charge in [0.2, 0.25) is 10.0 Å². The van der Waals surface area contributed by atoms with Crippen LogP contribution in [0.3, 0.4) is 0 Å². The van der Waals surface area contributed by atoms with Crippen LogP contribution in [0.4, 0.5) is 14.9 Å². The number of halogens is 1. The maximum atomic E-state index is 13.6. The molecule has 2 aromatic rings. The Morgan fingerprint density at radius 2 is 1.67 bits per heavy atom. The summed E-state index contributed by atoms with van der Waals surface area (Å²) in [5.74, 6) is -0.541. The Balaban J connectivity index is 1.71. The number of amides is 2. The number of hydrogen-bond acceptors (Lipinski definition) is 3. The Labute approximate surface area is 158 Å². The third kappa shape index (κ3) is 4.64. The summed E-state index contributed by atoms with van der Waals surface area (Å²) in [5, 5.41) is 5.01. The van der Waals surface area contributed by atoms with Crippen LogP contribution in [0.5, 0.6) is 0 Å². The normalized spacial score (nSPS) is 15.3. The Kier molecular flexibility index (Phi) is 6.08. The number of sulfonamides is 1. The highest BCUT2D eigenvalue weighted by Crippen LogP contribution is 2.23. The molecule has 2 aromatic carbocycles. The highest BCUT2D eigenvalue weighted by molar-refractivity contribution is 7.89. The van der Waals surface area contributed by atoms with Gasteiger partial charge in [-0.15, -0.1) is 0 Å². The summed E-state index contributed by atoms with van der Waals surface area (Å²) < 4.78 is 41.0. The quantitative estimate of drug-likeness (QED) is 0.821. The lowest BCUT2D eigenvalue weighted by Crippen LogP contribution is -2.36. The first-order valence-electron chi connectivity index (χ1n) is 8.86. The van der Waals surface area contributed by atoms with Crippen molar-refractivity contribution in [3.05, 3.63) is 59.9 Å². The van der Waals surface area contributed by atoms with Gasteiger partial charge < -0.3 is 10.6 Å². The number of benzene rings is 2. The maximum Gasteiger partial charge on any atom is 0.319 e. The van der Waals surface area contributed by atoms with Gasteiger partial charge in [0.25, 0.3) is 0 Å². The SMILES string of the molecule is O=C(NCc1ccccc1S(=O)(=O)N1CCCCC1)Nc1ccccc1F. The van der Waals surface area contributed by atoms with Crippen LogP contribution >= 0.6 is 0 Å². The molecule has 144 valence electrons. The van der Waals surface area contributed by atoms with Gasteiger partial charge in [-0.2, -0.15) is 4.31 Å². The van der Waals surface area contributed by atoms with E-state index >= 15 is 0 Å². The molecule has 1 heterocycles. The molecule has 2 N–H and O–H groups in total. The van der Waals surface area contributed by atoms with E-state index < -0.39 is 21.9 Å². The van der Waals surface area contributed by atoms with Gasteiger partial charge in [-0.1, -0.05) is 36.8 Å². The summed E-state index contributed by atoms with van der Waals surface area (Å²) in [6, 6.07) is 11.8. The first-order chi connectivity index (χ1) is 13.0. The van der Waals surface area contributed by atoms with Crippen LogP contribution in [0, 0.1) is 5.82 Å². The molecule has 0 bridgehead atoms. The predicted molar refractivity (Wildman–Crippen MR) is 101 cm³/mol. The molecule has 0 aliphatic carbocycles. The number of hydrogen-bond donors (Lipinski definition) is 2. The second kappa shape index (κ2) is 8.49. The summed E-state index contributed by atoms with van der Waals surface area (Å²) in [6.45, 7) is 1.04. The third-order valence-corrected chi connectivity index (χ3v) is 6.47.